The molecule has 1 heterocycles. The van der Waals surface area contributed by atoms with E-state index < -0.39 is 0 Å². The normalized spacial score (nSPS) is 13.9. The van der Waals surface area contributed by atoms with Crippen molar-refractivity contribution in [1.82, 2.24) is 10.3 Å². The highest BCUT2D eigenvalue weighted by Gasteiger charge is 2.17. The van der Waals surface area contributed by atoms with E-state index in [1.54, 1.807) is 0 Å². The van der Waals surface area contributed by atoms with Crippen LogP contribution in [0.1, 0.15) is 57.7 Å². The summed E-state index contributed by atoms with van der Waals surface area (Å²) < 4.78 is 0. The van der Waals surface area contributed by atoms with Crippen LogP contribution in [-0.2, 0) is 11.8 Å². The monoisotopic (exact) mass is 254 g/mol. The lowest BCUT2D eigenvalue weighted by Gasteiger charge is -2.14. The number of nitrogens with one attached hydrogen (secondary N) is 1. The van der Waals surface area contributed by atoms with Crippen LogP contribution in [0.3, 0.4) is 0 Å². The maximum absolute atomic E-state index is 4.73. The van der Waals surface area contributed by atoms with E-state index in [4.69, 9.17) is 4.98 Å². The largest absolute Gasteiger partial charge is 0.317 e. The third-order valence-corrected chi connectivity index (χ3v) is 4.07. The van der Waals surface area contributed by atoms with Gasteiger partial charge in [0, 0.05) is 16.8 Å². The number of nitrogens with zero attached hydrogens (tertiary/aromatic N) is 1. The fourth-order valence-electron chi connectivity index (χ4n) is 1.82. The lowest BCUT2D eigenvalue weighted by atomic mass is 9.93. The predicted octanol–water partition coefficient (Wildman–Crippen LogP) is 3.76. The van der Waals surface area contributed by atoms with Crippen LogP contribution in [-0.4, -0.2) is 18.1 Å². The van der Waals surface area contributed by atoms with Gasteiger partial charge >= 0.3 is 0 Å². The average Bonchev–Trinajstić information content (AvgIpc) is 2.73. The van der Waals surface area contributed by atoms with Crippen molar-refractivity contribution in [2.45, 2.75) is 64.8 Å². The first-order valence-corrected chi connectivity index (χ1v) is 7.47. The molecular weight excluding hydrogens is 228 g/mol. The van der Waals surface area contributed by atoms with E-state index in [2.05, 4.69) is 45.4 Å². The molecule has 0 aliphatic rings. The molecule has 1 aromatic rings. The van der Waals surface area contributed by atoms with E-state index in [-0.39, 0.29) is 5.41 Å². The molecule has 0 fully saturated rings. The molecule has 0 bridgehead atoms. The number of aryl methyl sites for hydroxylation is 1. The van der Waals surface area contributed by atoms with Gasteiger partial charge in [-0.15, -0.1) is 11.3 Å². The number of rotatable bonds is 6. The van der Waals surface area contributed by atoms with Gasteiger partial charge in [0.15, 0.2) is 0 Å². The summed E-state index contributed by atoms with van der Waals surface area (Å²) in [5, 5.41) is 6.86. The molecule has 17 heavy (non-hydrogen) atoms. The van der Waals surface area contributed by atoms with Crippen molar-refractivity contribution in [3.05, 3.63) is 16.1 Å². The maximum Gasteiger partial charge on any atom is 0.0928 e. The van der Waals surface area contributed by atoms with Crippen LogP contribution in [0.4, 0.5) is 0 Å². The minimum absolute atomic E-state index is 0.186. The van der Waals surface area contributed by atoms with Crippen molar-refractivity contribution in [2.24, 2.45) is 0 Å². The molecule has 0 saturated heterocycles. The Morgan fingerprint density at radius 2 is 2.12 bits per heavy atom. The summed E-state index contributed by atoms with van der Waals surface area (Å²) in [6.45, 7) is 8.90. The van der Waals surface area contributed by atoms with Gasteiger partial charge in [-0.05, 0) is 32.7 Å². The highest BCUT2D eigenvalue weighted by atomic mass is 32.1. The molecule has 2 nitrogen and oxygen atoms in total. The minimum Gasteiger partial charge on any atom is -0.317 e. The quantitative estimate of drug-likeness (QED) is 0.836. The van der Waals surface area contributed by atoms with Crippen LogP contribution in [0.5, 0.6) is 0 Å². The number of aromatic nitrogens is 1. The number of thiazole rings is 1. The molecule has 0 spiro atoms. The zero-order chi connectivity index (χ0) is 12.9. The van der Waals surface area contributed by atoms with Crippen molar-refractivity contribution >= 4 is 11.3 Å². The van der Waals surface area contributed by atoms with Gasteiger partial charge in [0.2, 0.25) is 0 Å². The molecule has 0 aliphatic heterocycles. The molecule has 1 unspecified atom stereocenters. The van der Waals surface area contributed by atoms with Crippen molar-refractivity contribution in [2.75, 3.05) is 7.05 Å². The smallest absolute Gasteiger partial charge is 0.0928 e. The summed E-state index contributed by atoms with van der Waals surface area (Å²) in [5.74, 6) is 0. The minimum atomic E-state index is 0.186. The second kappa shape index (κ2) is 6.50. The summed E-state index contributed by atoms with van der Waals surface area (Å²) in [7, 11) is 2.05. The van der Waals surface area contributed by atoms with Crippen LogP contribution in [0, 0.1) is 0 Å². The van der Waals surface area contributed by atoms with Gasteiger partial charge in [-0.1, -0.05) is 27.7 Å². The summed E-state index contributed by atoms with van der Waals surface area (Å²) in [5.41, 5.74) is 1.42. The average molecular weight is 254 g/mol. The lowest BCUT2D eigenvalue weighted by molar-refractivity contribution is 0.491. The number of hydrogen-bond donors (Lipinski definition) is 1. The Labute approximate surface area is 110 Å². The topological polar surface area (TPSA) is 24.9 Å². The summed E-state index contributed by atoms with van der Waals surface area (Å²) >= 11 is 1.81. The fraction of sp³-hybridized carbons (Fsp3) is 0.786. The molecule has 1 aromatic heterocycles. The van der Waals surface area contributed by atoms with Crippen LogP contribution in [0.2, 0.25) is 0 Å². The van der Waals surface area contributed by atoms with E-state index >= 15 is 0 Å². The molecule has 1 N–H and O–H groups in total. The first-order chi connectivity index (χ1) is 7.97. The third kappa shape index (κ3) is 4.76. The molecule has 98 valence electrons. The van der Waals surface area contributed by atoms with E-state index in [1.807, 2.05) is 11.3 Å². The predicted molar refractivity (Wildman–Crippen MR) is 76.9 cm³/mol. The summed E-state index contributed by atoms with van der Waals surface area (Å²) in [6, 6.07) is 0.664. The van der Waals surface area contributed by atoms with Crippen molar-refractivity contribution < 1.29 is 0 Å². The SMILES string of the molecule is CCC(CCCc1nc(C(C)(C)C)cs1)NC. The van der Waals surface area contributed by atoms with E-state index in [1.165, 1.54) is 30.0 Å². The molecule has 0 radical (unpaired) electrons. The Balaban J connectivity index is 2.40. The molecule has 0 aromatic carbocycles. The fourth-order valence-corrected chi connectivity index (χ4v) is 2.89. The second-order valence-electron chi connectivity index (χ2n) is 5.66. The molecular formula is C14H26N2S. The van der Waals surface area contributed by atoms with Crippen molar-refractivity contribution in [1.29, 1.82) is 0 Å². The van der Waals surface area contributed by atoms with E-state index in [0.29, 0.717) is 6.04 Å². The van der Waals surface area contributed by atoms with Crippen LogP contribution in [0.25, 0.3) is 0 Å². The Kier molecular flexibility index (Phi) is 5.60. The van der Waals surface area contributed by atoms with Crippen LogP contribution in [0.15, 0.2) is 5.38 Å². The zero-order valence-corrected chi connectivity index (χ0v) is 12.7. The Hall–Kier alpha value is -0.410. The Morgan fingerprint density at radius 3 is 2.59 bits per heavy atom. The molecule has 0 saturated carbocycles. The lowest BCUT2D eigenvalue weighted by Crippen LogP contribution is -2.23. The van der Waals surface area contributed by atoms with E-state index in [9.17, 15) is 0 Å². The molecule has 3 heteroatoms. The van der Waals surface area contributed by atoms with Gasteiger partial charge in [0.25, 0.3) is 0 Å². The highest BCUT2D eigenvalue weighted by molar-refractivity contribution is 7.09. The summed E-state index contributed by atoms with van der Waals surface area (Å²) in [6.07, 6.45) is 4.81. The van der Waals surface area contributed by atoms with E-state index in [0.717, 1.165) is 6.42 Å². The van der Waals surface area contributed by atoms with Crippen LogP contribution >= 0.6 is 11.3 Å². The molecule has 1 rings (SSSR count). The zero-order valence-electron chi connectivity index (χ0n) is 11.8. The van der Waals surface area contributed by atoms with Crippen molar-refractivity contribution in [3.63, 3.8) is 0 Å². The van der Waals surface area contributed by atoms with Gasteiger partial charge in [-0.3, -0.25) is 0 Å². The summed E-state index contributed by atoms with van der Waals surface area (Å²) in [4.78, 5) is 4.73. The first kappa shape index (κ1) is 14.7. The second-order valence-corrected chi connectivity index (χ2v) is 6.61. The van der Waals surface area contributed by atoms with Crippen LogP contribution < -0.4 is 5.32 Å². The highest BCUT2D eigenvalue weighted by Crippen LogP contribution is 2.24. The number of hydrogen-bond acceptors (Lipinski definition) is 3. The van der Waals surface area contributed by atoms with Gasteiger partial charge in [0.05, 0.1) is 10.7 Å². The van der Waals surface area contributed by atoms with Gasteiger partial charge in [0.1, 0.15) is 0 Å². The third-order valence-electron chi connectivity index (χ3n) is 3.16. The standard InChI is InChI=1S/C14H26N2S/c1-6-11(15-5)8-7-9-13-16-12(10-17-13)14(2,3)4/h10-11,15H,6-9H2,1-5H3. The first-order valence-electron chi connectivity index (χ1n) is 6.59. The maximum atomic E-state index is 4.73. The van der Waals surface area contributed by atoms with Gasteiger partial charge in [-0.2, -0.15) is 0 Å². The molecule has 0 aliphatic carbocycles. The Morgan fingerprint density at radius 1 is 1.41 bits per heavy atom. The molecule has 0 amide bonds. The van der Waals surface area contributed by atoms with Crippen molar-refractivity contribution in [3.8, 4) is 0 Å². The van der Waals surface area contributed by atoms with Gasteiger partial charge in [-0.25, -0.2) is 4.98 Å². The Bertz CT molecular complexity index is 321. The molecule has 1 atom stereocenters. The van der Waals surface area contributed by atoms with Gasteiger partial charge < -0.3 is 5.32 Å².